The molecule has 4 aromatic rings. The number of aromatic nitrogens is 2. The largest absolute Gasteiger partial charge is 0.491 e. The number of benzene rings is 3. The second kappa shape index (κ2) is 7.92. The number of allylic oxidation sites excluding steroid dienone is 1. The molecule has 0 unspecified atom stereocenters. The summed E-state index contributed by atoms with van der Waals surface area (Å²) in [6, 6.07) is 26.7. The molecule has 134 valence electrons. The van der Waals surface area contributed by atoms with Crippen LogP contribution in [0.2, 0.25) is 0 Å². The van der Waals surface area contributed by atoms with Crippen LogP contribution >= 0.6 is 0 Å². The van der Waals surface area contributed by atoms with Crippen LogP contribution in [0.4, 0.5) is 0 Å². The van der Waals surface area contributed by atoms with Gasteiger partial charge < -0.3 is 9.30 Å². The van der Waals surface area contributed by atoms with Gasteiger partial charge in [-0.25, -0.2) is 4.98 Å². The number of hydrogen-bond donors (Lipinski definition) is 0. The minimum atomic E-state index is 0.578. The maximum atomic E-state index is 6.11. The molecule has 0 aliphatic carbocycles. The Morgan fingerprint density at radius 1 is 0.889 bits per heavy atom. The van der Waals surface area contributed by atoms with E-state index >= 15 is 0 Å². The van der Waals surface area contributed by atoms with E-state index in [4.69, 9.17) is 9.72 Å². The summed E-state index contributed by atoms with van der Waals surface area (Å²) in [6.45, 7) is 5.14. The minimum absolute atomic E-state index is 0.578. The zero-order chi connectivity index (χ0) is 18.5. The van der Waals surface area contributed by atoms with Crippen LogP contribution in [0.25, 0.3) is 22.4 Å². The second-order valence-corrected chi connectivity index (χ2v) is 6.39. The molecule has 0 fully saturated rings. The number of ether oxygens (including phenoxy) is 1. The molecule has 0 bridgehead atoms. The molecule has 1 heterocycles. The van der Waals surface area contributed by atoms with Crippen molar-refractivity contribution in [2.45, 2.75) is 13.0 Å². The summed E-state index contributed by atoms with van der Waals surface area (Å²) in [5.74, 6) is 1.89. The summed E-state index contributed by atoms with van der Waals surface area (Å²) in [7, 11) is 0. The zero-order valence-electron chi connectivity index (χ0n) is 15.2. The molecule has 0 N–H and O–H groups in total. The van der Waals surface area contributed by atoms with Crippen LogP contribution in [0, 0.1) is 0 Å². The first kappa shape index (κ1) is 17.1. The summed E-state index contributed by atoms with van der Waals surface area (Å²) in [5, 5.41) is 0. The van der Waals surface area contributed by atoms with Gasteiger partial charge >= 0.3 is 0 Å². The Bertz CT molecular complexity index is 1050. The van der Waals surface area contributed by atoms with Crippen molar-refractivity contribution in [2.24, 2.45) is 0 Å². The molecule has 0 saturated heterocycles. The number of rotatable bonds is 7. The summed E-state index contributed by atoms with van der Waals surface area (Å²) >= 11 is 0. The van der Waals surface area contributed by atoms with Crippen LogP contribution in [0.1, 0.15) is 5.56 Å². The van der Waals surface area contributed by atoms with Crippen LogP contribution in [0.5, 0.6) is 5.75 Å². The first-order valence-corrected chi connectivity index (χ1v) is 9.19. The Labute approximate surface area is 159 Å². The predicted octanol–water partition coefficient (Wildman–Crippen LogP) is 5.51. The normalized spacial score (nSPS) is 10.8. The van der Waals surface area contributed by atoms with Crippen LogP contribution in [-0.2, 0) is 13.0 Å². The number of para-hydroxylation sites is 3. The van der Waals surface area contributed by atoms with Crippen LogP contribution < -0.4 is 4.74 Å². The molecule has 4 rings (SSSR count). The van der Waals surface area contributed by atoms with Crippen molar-refractivity contribution in [3.63, 3.8) is 0 Å². The first-order valence-electron chi connectivity index (χ1n) is 9.19. The number of fused-ring (bicyclic) bond motifs is 1. The lowest BCUT2D eigenvalue weighted by atomic mass is 10.1. The SMILES string of the molecule is C=CCc1ccccc1OCCn1c(-c2ccccc2)nc2ccccc21. The van der Waals surface area contributed by atoms with Crippen LogP contribution in [0.15, 0.2) is 91.5 Å². The van der Waals surface area contributed by atoms with E-state index in [-0.39, 0.29) is 0 Å². The van der Waals surface area contributed by atoms with Crippen LogP contribution in [0.3, 0.4) is 0 Å². The third-order valence-electron chi connectivity index (χ3n) is 4.60. The smallest absolute Gasteiger partial charge is 0.141 e. The number of nitrogens with zero attached hydrogens (tertiary/aromatic N) is 2. The third-order valence-corrected chi connectivity index (χ3v) is 4.60. The van der Waals surface area contributed by atoms with Crippen molar-refractivity contribution in [2.75, 3.05) is 6.61 Å². The van der Waals surface area contributed by atoms with Gasteiger partial charge in [0.1, 0.15) is 18.2 Å². The van der Waals surface area contributed by atoms with E-state index in [1.807, 2.05) is 48.5 Å². The van der Waals surface area contributed by atoms with E-state index in [1.165, 1.54) is 0 Å². The molecule has 27 heavy (non-hydrogen) atoms. The number of hydrogen-bond acceptors (Lipinski definition) is 2. The van der Waals surface area contributed by atoms with E-state index in [0.29, 0.717) is 6.61 Å². The Hall–Kier alpha value is -3.33. The highest BCUT2D eigenvalue weighted by Gasteiger charge is 2.12. The highest BCUT2D eigenvalue weighted by molar-refractivity contribution is 5.80. The van der Waals surface area contributed by atoms with Crippen molar-refractivity contribution in [1.82, 2.24) is 9.55 Å². The van der Waals surface area contributed by atoms with E-state index < -0.39 is 0 Å². The Balaban J connectivity index is 1.61. The predicted molar refractivity (Wildman–Crippen MR) is 111 cm³/mol. The molecular weight excluding hydrogens is 332 g/mol. The lowest BCUT2D eigenvalue weighted by Crippen LogP contribution is -2.10. The van der Waals surface area contributed by atoms with Gasteiger partial charge in [-0.3, -0.25) is 0 Å². The monoisotopic (exact) mass is 354 g/mol. The van der Waals surface area contributed by atoms with E-state index in [0.717, 1.165) is 46.7 Å². The molecule has 3 nitrogen and oxygen atoms in total. The average molecular weight is 354 g/mol. The molecule has 0 aliphatic heterocycles. The fourth-order valence-corrected chi connectivity index (χ4v) is 3.33. The Morgan fingerprint density at radius 3 is 2.48 bits per heavy atom. The average Bonchev–Trinajstić information content (AvgIpc) is 3.09. The second-order valence-electron chi connectivity index (χ2n) is 6.39. The summed E-state index contributed by atoms with van der Waals surface area (Å²) in [5.41, 5.74) is 4.40. The maximum Gasteiger partial charge on any atom is 0.141 e. The molecule has 0 amide bonds. The lowest BCUT2D eigenvalue weighted by Gasteiger charge is -2.13. The fourth-order valence-electron chi connectivity index (χ4n) is 3.33. The van der Waals surface area contributed by atoms with Gasteiger partial charge in [0.2, 0.25) is 0 Å². The van der Waals surface area contributed by atoms with Crippen molar-refractivity contribution in [1.29, 1.82) is 0 Å². The molecule has 0 aliphatic rings. The van der Waals surface area contributed by atoms with E-state index in [1.54, 1.807) is 0 Å². The molecule has 0 radical (unpaired) electrons. The van der Waals surface area contributed by atoms with Crippen molar-refractivity contribution < 1.29 is 4.74 Å². The standard InChI is InChI=1S/C24H22N2O/c1-2-10-19-11-6-9-16-23(19)27-18-17-26-22-15-8-7-14-21(22)25-24(26)20-12-4-3-5-13-20/h2-9,11-16H,1,10,17-18H2. The first-order chi connectivity index (χ1) is 13.4. The Kier molecular flexibility index (Phi) is 5.01. The molecule has 1 aromatic heterocycles. The quantitative estimate of drug-likeness (QED) is 0.409. The van der Waals surface area contributed by atoms with E-state index in [2.05, 4.69) is 47.5 Å². The maximum absolute atomic E-state index is 6.11. The Morgan fingerprint density at radius 2 is 1.63 bits per heavy atom. The highest BCUT2D eigenvalue weighted by Crippen LogP contribution is 2.25. The summed E-state index contributed by atoms with van der Waals surface area (Å²) in [4.78, 5) is 4.85. The highest BCUT2D eigenvalue weighted by atomic mass is 16.5. The molecule has 0 atom stereocenters. The third kappa shape index (κ3) is 3.63. The molecular formula is C24H22N2O. The lowest BCUT2D eigenvalue weighted by molar-refractivity contribution is 0.298. The zero-order valence-corrected chi connectivity index (χ0v) is 15.2. The van der Waals surface area contributed by atoms with Gasteiger partial charge in [0, 0.05) is 5.56 Å². The summed E-state index contributed by atoms with van der Waals surface area (Å²) < 4.78 is 8.34. The van der Waals surface area contributed by atoms with Crippen molar-refractivity contribution >= 4 is 11.0 Å². The minimum Gasteiger partial charge on any atom is -0.491 e. The molecule has 0 spiro atoms. The van der Waals surface area contributed by atoms with Gasteiger partial charge in [0.05, 0.1) is 17.6 Å². The van der Waals surface area contributed by atoms with Gasteiger partial charge in [-0.2, -0.15) is 0 Å². The van der Waals surface area contributed by atoms with Crippen molar-refractivity contribution in [3.05, 3.63) is 97.1 Å². The molecule has 3 aromatic carbocycles. The fraction of sp³-hybridized carbons (Fsp3) is 0.125. The molecule has 3 heteroatoms. The van der Waals surface area contributed by atoms with E-state index in [9.17, 15) is 0 Å². The molecule has 0 saturated carbocycles. The van der Waals surface area contributed by atoms with Gasteiger partial charge in [-0.15, -0.1) is 6.58 Å². The van der Waals surface area contributed by atoms with Crippen molar-refractivity contribution in [3.8, 4) is 17.1 Å². The summed E-state index contributed by atoms with van der Waals surface area (Å²) in [6.07, 6.45) is 2.71. The topological polar surface area (TPSA) is 27.1 Å². The van der Waals surface area contributed by atoms with Gasteiger partial charge in [0.25, 0.3) is 0 Å². The van der Waals surface area contributed by atoms with Crippen LogP contribution in [-0.4, -0.2) is 16.2 Å². The van der Waals surface area contributed by atoms with Gasteiger partial charge in [-0.1, -0.05) is 66.7 Å². The number of imidazole rings is 1. The van der Waals surface area contributed by atoms with Gasteiger partial charge in [-0.05, 0) is 30.2 Å². The van der Waals surface area contributed by atoms with Gasteiger partial charge in [0.15, 0.2) is 0 Å².